The van der Waals surface area contributed by atoms with E-state index in [2.05, 4.69) is 182 Å². The second-order valence-corrected chi connectivity index (χ2v) is 14.9. The van der Waals surface area contributed by atoms with Crippen molar-refractivity contribution >= 4 is 59.6 Å². The average Bonchev–Trinajstić information content (AvgIpc) is 3.08. The molecule has 0 saturated heterocycles. The summed E-state index contributed by atoms with van der Waals surface area (Å²) >= 11 is 0. The Kier molecular flexibility index (Phi) is 18.5. The van der Waals surface area contributed by atoms with E-state index in [1.165, 1.54) is 31.8 Å². The van der Waals surface area contributed by atoms with Gasteiger partial charge in [0.25, 0.3) is 11.9 Å². The van der Waals surface area contributed by atoms with Gasteiger partial charge in [0.05, 0.1) is 15.8 Å². The first-order valence-electron chi connectivity index (χ1n) is 14.8. The zero-order valence-corrected chi connectivity index (χ0v) is 30.1. The van der Waals surface area contributed by atoms with Crippen LogP contribution in [-0.4, -0.2) is 22.2 Å². The minimum absolute atomic E-state index is 0. The summed E-state index contributed by atoms with van der Waals surface area (Å²) in [6, 6.07) is 65.0. The Morgan fingerprint density at radius 2 is 0.447 bits per heavy atom. The predicted octanol–water partition coefficient (Wildman–Crippen LogP) is 6.53. The normalized spacial score (nSPS) is 9.62. The maximum Gasteiger partial charge on any atom is 0.300 e. The molecule has 0 aliphatic heterocycles. The van der Waals surface area contributed by atoms with E-state index in [4.69, 9.17) is 19.8 Å². The van der Waals surface area contributed by atoms with Gasteiger partial charge in [-0.1, -0.05) is 109 Å². The smallest absolute Gasteiger partial charge is 0.300 e. The third-order valence-corrected chi connectivity index (χ3v) is 11.8. The van der Waals surface area contributed by atoms with E-state index in [0.29, 0.717) is 0 Å². The molecule has 0 atom stereocenters. The van der Waals surface area contributed by atoms with Gasteiger partial charge >= 0.3 is 0 Å². The van der Waals surface area contributed by atoms with E-state index in [0.717, 1.165) is 13.8 Å². The summed E-state index contributed by atoms with van der Waals surface area (Å²) in [5.74, 6) is -1.67. The van der Waals surface area contributed by atoms with Gasteiger partial charge in [-0.25, -0.2) is 0 Å². The van der Waals surface area contributed by atoms with Crippen molar-refractivity contribution in [2.75, 3.05) is 0 Å². The van der Waals surface area contributed by atoms with E-state index in [-0.39, 0.29) is 19.5 Å². The van der Waals surface area contributed by atoms with Crippen LogP contribution in [0, 0.1) is 0 Å². The molecular formula is C40H40O4P2Ru+2. The molecule has 0 saturated carbocycles. The first-order valence-corrected chi connectivity index (χ1v) is 17.8. The zero-order chi connectivity index (χ0) is 33.0. The van der Waals surface area contributed by atoms with Gasteiger partial charge in [0.1, 0.15) is 31.8 Å². The molecule has 6 aromatic carbocycles. The predicted molar refractivity (Wildman–Crippen MR) is 200 cm³/mol. The molecule has 0 fully saturated rings. The van der Waals surface area contributed by atoms with E-state index in [1.54, 1.807) is 0 Å². The van der Waals surface area contributed by atoms with E-state index in [1.807, 2.05) is 0 Å². The number of carbonyl (C=O) groups is 2. The van der Waals surface area contributed by atoms with Crippen molar-refractivity contribution in [2.45, 2.75) is 13.8 Å². The number of hydrogen-bond donors (Lipinski definition) is 2. The zero-order valence-electron chi connectivity index (χ0n) is 26.4. The Hall–Kier alpha value is -4.26. The standard InChI is InChI=1S/2C18H15P.2C2H4O2.Ru/c2*1-4-10-16(11-5-1)19(17-12-6-2-7-13-17)18-14-8-3-9-15-18;2*1-2(3)4;/h2*1-15H;2*1H3,(H,3,4);/p+2. The number of aliphatic carboxylic acids is 2. The Morgan fingerprint density at radius 3 is 0.553 bits per heavy atom. The maximum absolute atomic E-state index is 9.00. The fraction of sp³-hybridized carbons (Fsp3) is 0.0500. The van der Waals surface area contributed by atoms with Crippen LogP contribution >= 0.6 is 15.8 Å². The second-order valence-electron chi connectivity index (χ2n) is 9.98. The SMILES string of the molecule is CC(=O)O.CC(=O)O.[Ru].c1ccc([PH+](c2ccccc2)c2ccccc2)cc1.c1ccc([PH+](c2ccccc2)c2ccccc2)cc1. The third kappa shape index (κ3) is 14.4. The number of carboxylic acids is 2. The molecule has 0 aliphatic carbocycles. The van der Waals surface area contributed by atoms with Crippen molar-refractivity contribution in [1.29, 1.82) is 0 Å². The van der Waals surface area contributed by atoms with Crippen molar-refractivity contribution in [1.82, 2.24) is 0 Å². The molecule has 0 amide bonds. The number of benzene rings is 6. The van der Waals surface area contributed by atoms with Crippen molar-refractivity contribution in [3.8, 4) is 0 Å². The topological polar surface area (TPSA) is 74.6 Å². The van der Waals surface area contributed by atoms with Crippen LogP contribution in [0.2, 0.25) is 0 Å². The largest absolute Gasteiger partial charge is 0.481 e. The van der Waals surface area contributed by atoms with Gasteiger partial charge in [-0.05, 0) is 72.8 Å². The molecule has 0 aromatic heterocycles. The van der Waals surface area contributed by atoms with Crippen LogP contribution in [0.15, 0.2) is 182 Å². The summed E-state index contributed by atoms with van der Waals surface area (Å²) in [7, 11) is -1.75. The molecule has 0 heterocycles. The van der Waals surface area contributed by atoms with Gasteiger partial charge in [-0.2, -0.15) is 0 Å². The van der Waals surface area contributed by atoms with Gasteiger partial charge in [-0.3, -0.25) is 9.59 Å². The Morgan fingerprint density at radius 1 is 0.340 bits per heavy atom. The molecule has 0 radical (unpaired) electrons. The fourth-order valence-electron chi connectivity index (χ4n) is 4.63. The Labute approximate surface area is 293 Å². The Balaban J connectivity index is 0.000000262. The summed E-state index contributed by atoms with van der Waals surface area (Å²) in [6.07, 6.45) is 0. The molecule has 47 heavy (non-hydrogen) atoms. The van der Waals surface area contributed by atoms with Crippen LogP contribution in [0.3, 0.4) is 0 Å². The number of hydrogen-bond acceptors (Lipinski definition) is 2. The van der Waals surface area contributed by atoms with Crippen LogP contribution in [0.25, 0.3) is 0 Å². The van der Waals surface area contributed by atoms with Crippen LogP contribution in [0.5, 0.6) is 0 Å². The molecule has 0 unspecified atom stereocenters. The molecule has 0 bridgehead atoms. The van der Waals surface area contributed by atoms with Gasteiger partial charge in [0.2, 0.25) is 0 Å². The van der Waals surface area contributed by atoms with Crippen molar-refractivity contribution in [3.63, 3.8) is 0 Å². The minimum Gasteiger partial charge on any atom is -0.481 e. The Bertz CT molecular complexity index is 1370. The van der Waals surface area contributed by atoms with E-state index >= 15 is 0 Å². The monoisotopic (exact) mass is 748 g/mol. The molecule has 6 aromatic rings. The second kappa shape index (κ2) is 22.3. The molecule has 7 heteroatoms. The van der Waals surface area contributed by atoms with E-state index < -0.39 is 27.8 Å². The van der Waals surface area contributed by atoms with Gasteiger partial charge in [0, 0.05) is 33.3 Å². The molecule has 4 nitrogen and oxygen atoms in total. The van der Waals surface area contributed by atoms with Crippen LogP contribution in [0.4, 0.5) is 0 Å². The number of carboxylic acid groups (broad SMARTS) is 2. The molecule has 0 spiro atoms. The minimum atomic E-state index is -0.877. The van der Waals surface area contributed by atoms with Gasteiger partial charge in [-0.15, -0.1) is 0 Å². The summed E-state index contributed by atoms with van der Waals surface area (Å²) in [5.41, 5.74) is 0. The van der Waals surface area contributed by atoms with Crippen molar-refractivity contribution < 1.29 is 39.3 Å². The molecule has 0 aliphatic rings. The summed E-state index contributed by atoms with van der Waals surface area (Å²) in [6.45, 7) is 2.17. The van der Waals surface area contributed by atoms with Gasteiger partial charge < -0.3 is 10.2 Å². The molecular weight excluding hydrogens is 707 g/mol. The summed E-state index contributed by atoms with van der Waals surface area (Å²) in [5, 5.41) is 23.4. The molecule has 2 N–H and O–H groups in total. The average molecular weight is 748 g/mol. The van der Waals surface area contributed by atoms with Gasteiger partial charge in [0.15, 0.2) is 0 Å². The molecule has 6 rings (SSSR count). The number of rotatable bonds is 6. The summed E-state index contributed by atoms with van der Waals surface area (Å²) < 4.78 is 0. The molecule has 240 valence electrons. The quantitative estimate of drug-likeness (QED) is 0.150. The van der Waals surface area contributed by atoms with Crippen LogP contribution in [-0.2, 0) is 29.1 Å². The summed E-state index contributed by atoms with van der Waals surface area (Å²) in [4.78, 5) is 18.0. The van der Waals surface area contributed by atoms with Crippen molar-refractivity contribution in [2.24, 2.45) is 0 Å². The van der Waals surface area contributed by atoms with Crippen LogP contribution in [0.1, 0.15) is 13.8 Å². The van der Waals surface area contributed by atoms with E-state index in [9.17, 15) is 0 Å². The fourth-order valence-corrected chi connectivity index (χ4v) is 9.78. The van der Waals surface area contributed by atoms with Crippen molar-refractivity contribution in [3.05, 3.63) is 182 Å². The maximum atomic E-state index is 9.00. The first kappa shape index (κ1) is 38.9. The first-order chi connectivity index (χ1) is 22.4. The third-order valence-electron chi connectivity index (χ3n) is 6.37. The van der Waals surface area contributed by atoms with Crippen LogP contribution < -0.4 is 31.8 Å².